The van der Waals surface area contributed by atoms with E-state index in [1.807, 2.05) is 4.98 Å². The molecule has 1 aromatic rings. The Bertz CT molecular complexity index is 667. The van der Waals surface area contributed by atoms with Gasteiger partial charge in [-0.1, -0.05) is 12.2 Å². The van der Waals surface area contributed by atoms with Crippen LogP contribution in [0.15, 0.2) is 11.0 Å². The van der Waals surface area contributed by atoms with E-state index in [2.05, 4.69) is 17.0 Å². The lowest BCUT2D eigenvalue weighted by molar-refractivity contribution is -0.207. The van der Waals surface area contributed by atoms with Gasteiger partial charge in [-0.05, 0) is 0 Å². The van der Waals surface area contributed by atoms with Crippen LogP contribution in [0.4, 0.5) is 13.2 Å². The van der Waals surface area contributed by atoms with Crippen molar-refractivity contribution in [1.82, 2.24) is 9.55 Å². The lowest BCUT2D eigenvalue weighted by Crippen LogP contribution is -2.53. The summed E-state index contributed by atoms with van der Waals surface area (Å²) < 4.78 is 44.9. The van der Waals surface area contributed by atoms with Crippen LogP contribution in [0.1, 0.15) is 6.23 Å². The molecule has 0 radical (unpaired) electrons. The van der Waals surface area contributed by atoms with Crippen molar-refractivity contribution in [2.45, 2.75) is 23.8 Å². The molecule has 1 fully saturated rings. The number of H-pyrrole nitrogens is 1. The van der Waals surface area contributed by atoms with Gasteiger partial charge in [0.25, 0.3) is 5.85 Å². The molecule has 0 bridgehead atoms. The molecule has 1 aromatic heterocycles. The predicted octanol–water partition coefficient (Wildman–Crippen LogP) is -0.707. The lowest BCUT2D eigenvalue weighted by Gasteiger charge is -2.28. The number of alkyl halides is 2. The van der Waals surface area contributed by atoms with E-state index in [4.69, 9.17) is 5.11 Å². The van der Waals surface area contributed by atoms with Crippen molar-refractivity contribution in [2.75, 3.05) is 13.3 Å². The monoisotopic (exact) mass is 328 g/mol. The Labute approximate surface area is 120 Å². The van der Waals surface area contributed by atoms with Gasteiger partial charge >= 0.3 is 5.69 Å². The van der Waals surface area contributed by atoms with E-state index in [1.165, 1.54) is 0 Å². The first-order chi connectivity index (χ1) is 9.69. The number of rotatable bonds is 3. The molecule has 2 rings (SSSR count). The van der Waals surface area contributed by atoms with Gasteiger partial charge in [0.05, 0.1) is 6.20 Å². The highest BCUT2D eigenvalue weighted by molar-refractivity contribution is 7.71. The fraction of sp³-hybridized carbons (Fsp3) is 0.600. The maximum absolute atomic E-state index is 14.1. The molecule has 1 aliphatic heterocycles. The first kappa shape index (κ1) is 16.1. The topological polar surface area (TPSA) is 108 Å². The minimum Gasteiger partial charge on any atom is -0.390 e. The van der Waals surface area contributed by atoms with Crippen LogP contribution < -0.4 is 5.69 Å². The largest absolute Gasteiger partial charge is 0.390 e. The summed E-state index contributed by atoms with van der Waals surface area (Å²) in [5, 5.41) is 28.5. The van der Waals surface area contributed by atoms with E-state index in [1.54, 1.807) is 0 Å². The maximum atomic E-state index is 14.1. The molecule has 0 spiro atoms. The van der Waals surface area contributed by atoms with Crippen LogP contribution in [-0.2, 0) is 4.74 Å². The Hall–Kier alpha value is -1.27. The molecule has 4 N–H and O–H groups in total. The highest BCUT2D eigenvalue weighted by atomic mass is 32.1. The minimum absolute atomic E-state index is 0.310. The predicted molar refractivity (Wildman–Crippen MR) is 63.8 cm³/mol. The van der Waals surface area contributed by atoms with Gasteiger partial charge in [-0.3, -0.25) is 9.55 Å². The number of aliphatic hydroxyl groups excluding tert-OH is 2. The van der Waals surface area contributed by atoms with Crippen molar-refractivity contribution in [1.29, 1.82) is 0 Å². The van der Waals surface area contributed by atoms with Gasteiger partial charge in [0.15, 0.2) is 23.8 Å². The van der Waals surface area contributed by atoms with Crippen LogP contribution >= 0.6 is 12.2 Å². The van der Waals surface area contributed by atoms with Gasteiger partial charge < -0.3 is 20.1 Å². The first-order valence-corrected chi connectivity index (χ1v) is 6.05. The second kappa shape index (κ2) is 5.18. The number of nitrogens with one attached hydrogen (secondary N) is 1. The third kappa shape index (κ3) is 2.30. The van der Waals surface area contributed by atoms with Gasteiger partial charge in [-0.25, -0.2) is 18.0 Å². The second-order valence-corrected chi connectivity index (χ2v) is 4.99. The second-order valence-electron chi connectivity index (χ2n) is 4.59. The van der Waals surface area contributed by atoms with Gasteiger partial charge in [0, 0.05) is 0 Å². The zero-order valence-electron chi connectivity index (χ0n) is 10.3. The Balaban J connectivity index is 2.60. The van der Waals surface area contributed by atoms with E-state index in [0.29, 0.717) is 10.8 Å². The van der Waals surface area contributed by atoms with Crippen LogP contribution in [0, 0.1) is 10.5 Å². The van der Waals surface area contributed by atoms with Crippen LogP contribution in [0.25, 0.3) is 0 Å². The average molecular weight is 328 g/mol. The van der Waals surface area contributed by atoms with E-state index in [9.17, 15) is 28.2 Å². The summed E-state index contributed by atoms with van der Waals surface area (Å²) in [6, 6.07) is 0. The van der Waals surface area contributed by atoms with E-state index in [-0.39, 0.29) is 0 Å². The summed E-state index contributed by atoms with van der Waals surface area (Å²) in [5.74, 6) is -4.32. The molecule has 1 saturated heterocycles. The number of aromatic amines is 1. The number of aromatic nitrogens is 2. The Kier molecular flexibility index (Phi) is 3.97. The van der Waals surface area contributed by atoms with E-state index in [0.717, 1.165) is 0 Å². The zero-order valence-corrected chi connectivity index (χ0v) is 11.1. The molecule has 0 amide bonds. The highest BCUT2D eigenvalue weighted by Gasteiger charge is 2.65. The van der Waals surface area contributed by atoms with Crippen molar-refractivity contribution in [3.8, 4) is 0 Å². The Morgan fingerprint density at radius 2 is 2.19 bits per heavy atom. The standard InChI is InChI=1S/C10H11F3N2O5S/c11-2-9(19)6(17)10(13,3-16)20-7(9)15-1-4(12)5(21)14-8(15)18/h1,6-7,16-17,19H,2-3H2,(H,14,18,21)/t6?,7-,9-,10-/m1/s1. The number of hydrogen-bond donors (Lipinski definition) is 4. The molecule has 0 aromatic carbocycles. The van der Waals surface area contributed by atoms with Crippen molar-refractivity contribution < 1.29 is 33.2 Å². The molecular weight excluding hydrogens is 317 g/mol. The van der Waals surface area contributed by atoms with Crippen molar-refractivity contribution in [3.63, 3.8) is 0 Å². The number of halogens is 3. The fourth-order valence-electron chi connectivity index (χ4n) is 2.06. The van der Waals surface area contributed by atoms with Gasteiger partial charge in [-0.15, -0.1) is 0 Å². The Morgan fingerprint density at radius 3 is 2.71 bits per heavy atom. The smallest absolute Gasteiger partial charge is 0.328 e. The first-order valence-electron chi connectivity index (χ1n) is 5.64. The molecule has 11 heteroatoms. The summed E-state index contributed by atoms with van der Waals surface area (Å²) in [7, 11) is 0. The normalized spacial score (nSPS) is 36.1. The molecule has 1 aliphatic rings. The van der Waals surface area contributed by atoms with Crippen molar-refractivity contribution in [2.24, 2.45) is 0 Å². The summed E-state index contributed by atoms with van der Waals surface area (Å²) in [5.41, 5.74) is -4.02. The average Bonchev–Trinajstić information content (AvgIpc) is 2.66. The Morgan fingerprint density at radius 1 is 1.57 bits per heavy atom. The van der Waals surface area contributed by atoms with Crippen LogP contribution in [0.2, 0.25) is 0 Å². The molecular formula is C10H11F3N2O5S. The van der Waals surface area contributed by atoms with Crippen LogP contribution in [-0.4, -0.2) is 55.7 Å². The van der Waals surface area contributed by atoms with E-state index < -0.39 is 53.2 Å². The summed E-state index contributed by atoms with van der Waals surface area (Å²) in [4.78, 5) is 13.6. The zero-order chi connectivity index (χ0) is 16.0. The SMILES string of the molecule is O=c1[nH]c(=S)c(F)cn1[C@@H]1O[C@](F)(CO)C(O)[C@]1(O)CF. The molecule has 0 saturated carbocycles. The quantitative estimate of drug-likeness (QED) is 0.546. The van der Waals surface area contributed by atoms with Gasteiger partial charge in [0.1, 0.15) is 17.9 Å². The number of hydrogen-bond acceptors (Lipinski definition) is 6. The van der Waals surface area contributed by atoms with Gasteiger partial charge in [0.2, 0.25) is 0 Å². The summed E-state index contributed by atoms with van der Waals surface area (Å²) in [6.45, 7) is -3.12. The minimum atomic E-state index is -3.21. The number of ether oxygens (including phenoxy) is 1. The van der Waals surface area contributed by atoms with Crippen LogP contribution in [0.3, 0.4) is 0 Å². The molecule has 4 atom stereocenters. The summed E-state index contributed by atoms with van der Waals surface area (Å²) >= 11 is 4.47. The third-order valence-electron chi connectivity index (χ3n) is 3.22. The third-order valence-corrected chi connectivity index (χ3v) is 3.52. The van der Waals surface area contributed by atoms with Crippen molar-refractivity contribution >= 4 is 12.2 Å². The molecule has 0 aliphatic carbocycles. The molecule has 2 heterocycles. The maximum Gasteiger partial charge on any atom is 0.328 e. The van der Waals surface area contributed by atoms with Crippen molar-refractivity contribution in [3.05, 3.63) is 27.1 Å². The van der Waals surface area contributed by atoms with Gasteiger partial charge in [-0.2, -0.15) is 0 Å². The fourth-order valence-corrected chi connectivity index (χ4v) is 2.20. The molecule has 1 unspecified atom stereocenters. The molecule has 7 nitrogen and oxygen atoms in total. The number of aliphatic hydroxyl groups is 3. The number of nitrogens with zero attached hydrogens (tertiary/aromatic N) is 1. The highest BCUT2D eigenvalue weighted by Crippen LogP contribution is 2.44. The lowest BCUT2D eigenvalue weighted by atomic mass is 9.94. The molecule has 21 heavy (non-hydrogen) atoms. The van der Waals surface area contributed by atoms with E-state index >= 15 is 0 Å². The molecule has 118 valence electrons. The van der Waals surface area contributed by atoms with Crippen LogP contribution in [0.5, 0.6) is 0 Å². The summed E-state index contributed by atoms with van der Waals surface area (Å²) in [6.07, 6.45) is -4.13.